The number of hydrogen-bond acceptors (Lipinski definition) is 1. The van der Waals surface area contributed by atoms with Crippen LogP contribution in [0.5, 0.6) is 0 Å². The van der Waals surface area contributed by atoms with Crippen molar-refractivity contribution in [2.75, 3.05) is 0 Å². The monoisotopic (exact) mass is 641 g/mol. The molecule has 7 aromatic carbocycles. The van der Waals surface area contributed by atoms with Gasteiger partial charge in [0, 0.05) is 12.1 Å². The predicted molar refractivity (Wildman–Crippen MR) is 211 cm³/mol. The van der Waals surface area contributed by atoms with Crippen LogP contribution in [0.25, 0.3) is 38.6 Å². The molecule has 0 atom stereocenters. The lowest BCUT2D eigenvalue weighted by Crippen LogP contribution is -2.27. The van der Waals surface area contributed by atoms with Gasteiger partial charge in [0.2, 0.25) is 0 Å². The van der Waals surface area contributed by atoms with Crippen molar-refractivity contribution in [2.45, 2.75) is 38.5 Å². The van der Waals surface area contributed by atoms with Crippen LogP contribution in [-0.4, -0.2) is 5.71 Å². The highest BCUT2D eigenvalue weighted by Crippen LogP contribution is 2.62. The summed E-state index contributed by atoms with van der Waals surface area (Å²) in [6, 6.07) is 60.5. The summed E-state index contributed by atoms with van der Waals surface area (Å²) in [4.78, 5) is 5.78. The number of aryl methyl sites for hydroxylation is 1. The Hall–Kier alpha value is -5.79. The van der Waals surface area contributed by atoms with Gasteiger partial charge in [-0.25, -0.2) is 0 Å². The van der Waals surface area contributed by atoms with Crippen LogP contribution in [0.1, 0.15) is 59.2 Å². The van der Waals surface area contributed by atoms with Crippen molar-refractivity contribution in [3.05, 3.63) is 208 Å². The molecular weight excluding hydrogens is 603 g/mol. The zero-order chi connectivity index (χ0) is 33.7. The minimum absolute atomic E-state index is 0.509. The Bertz CT molecular complexity index is 2410. The number of rotatable bonds is 7. The van der Waals surface area contributed by atoms with Crippen LogP contribution in [0.15, 0.2) is 174 Å². The van der Waals surface area contributed by atoms with Gasteiger partial charge < -0.3 is 0 Å². The quantitative estimate of drug-likeness (QED) is 0.154. The highest BCUT2D eigenvalue weighted by molar-refractivity contribution is 6.03. The van der Waals surface area contributed by atoms with E-state index in [9.17, 15) is 0 Å². The molecule has 0 heterocycles. The van der Waals surface area contributed by atoms with Crippen LogP contribution in [0, 0.1) is 0 Å². The lowest BCUT2D eigenvalue weighted by atomic mass is 9.72. The molecule has 0 fully saturated rings. The molecule has 240 valence electrons. The Kier molecular flexibility index (Phi) is 7.43. The smallest absolute Gasteiger partial charge is 0.0894 e. The van der Waals surface area contributed by atoms with Crippen LogP contribution in [-0.2, 0) is 18.3 Å². The van der Waals surface area contributed by atoms with Crippen LogP contribution >= 0.6 is 0 Å². The van der Waals surface area contributed by atoms with Gasteiger partial charge in [0.1, 0.15) is 0 Å². The molecule has 0 unspecified atom stereocenters. The normalized spacial score (nSPS) is 14.2. The summed E-state index contributed by atoms with van der Waals surface area (Å²) >= 11 is 0. The van der Waals surface area contributed by atoms with E-state index >= 15 is 0 Å². The van der Waals surface area contributed by atoms with E-state index in [1.165, 1.54) is 72.0 Å². The van der Waals surface area contributed by atoms with Gasteiger partial charge in [-0.15, -0.1) is 0 Å². The van der Waals surface area contributed by atoms with Gasteiger partial charge in [0.15, 0.2) is 0 Å². The van der Waals surface area contributed by atoms with Crippen molar-refractivity contribution in [3.8, 4) is 22.3 Å². The van der Waals surface area contributed by atoms with E-state index in [-0.39, 0.29) is 0 Å². The van der Waals surface area contributed by atoms with Crippen molar-refractivity contribution in [2.24, 2.45) is 4.99 Å². The second-order valence-electron chi connectivity index (χ2n) is 13.8. The molecule has 0 saturated heterocycles. The molecule has 2 aliphatic rings. The van der Waals surface area contributed by atoms with Gasteiger partial charge in [0.05, 0.1) is 11.1 Å². The first-order valence-electron chi connectivity index (χ1n) is 17.9. The lowest BCUT2D eigenvalue weighted by molar-refractivity contribution is 0.755. The third-order valence-electron chi connectivity index (χ3n) is 10.9. The van der Waals surface area contributed by atoms with E-state index in [0.29, 0.717) is 0 Å². The lowest BCUT2D eigenvalue weighted by Gasteiger charge is -2.31. The number of allylic oxidation sites excluding steroid dienone is 2. The number of hydrogen-bond donors (Lipinski definition) is 0. The maximum atomic E-state index is 5.78. The van der Waals surface area contributed by atoms with E-state index in [1.54, 1.807) is 0 Å². The van der Waals surface area contributed by atoms with Gasteiger partial charge in [0.25, 0.3) is 0 Å². The molecule has 1 spiro atoms. The highest BCUT2D eigenvalue weighted by Gasteiger charge is 2.53. The van der Waals surface area contributed by atoms with Crippen molar-refractivity contribution in [1.82, 2.24) is 0 Å². The zero-order valence-electron chi connectivity index (χ0n) is 28.7. The molecule has 2 aliphatic carbocycles. The average Bonchev–Trinajstić information content (AvgIpc) is 3.62. The summed E-state index contributed by atoms with van der Waals surface area (Å²) in [6.07, 6.45) is 3.08. The number of benzene rings is 7. The summed E-state index contributed by atoms with van der Waals surface area (Å²) in [5, 5.41) is 2.57. The third-order valence-corrected chi connectivity index (χ3v) is 10.9. The average molecular weight is 642 g/mol. The van der Waals surface area contributed by atoms with Gasteiger partial charge in [-0.05, 0) is 90.9 Å². The Morgan fingerprint density at radius 1 is 0.540 bits per heavy atom. The molecule has 1 heteroatoms. The van der Waals surface area contributed by atoms with Crippen molar-refractivity contribution in [1.29, 1.82) is 0 Å². The molecule has 50 heavy (non-hydrogen) atoms. The summed E-state index contributed by atoms with van der Waals surface area (Å²) in [5.41, 5.74) is 17.1. The maximum Gasteiger partial charge on any atom is 0.0894 e. The van der Waals surface area contributed by atoms with Gasteiger partial charge in [-0.3, -0.25) is 4.99 Å². The van der Waals surface area contributed by atoms with E-state index in [1.807, 2.05) is 0 Å². The molecule has 7 aromatic rings. The number of nitrogens with zero attached hydrogens (tertiary/aromatic N) is 1. The standard InChI is InChI=1S/C49H39N/c1-3-13-34-24-26-36(27-25-34)37-30-28-35(29-31-37)33(2)50-48-44(32-39-16-12-15-38-14-4-5-17-40(38)39)43-20-8-11-23-47(43)49(48)45-21-9-6-18-41(45)42-19-7-10-22-46(42)49/h4-12,14-31H,3,13,32H2,1-2H3. The fourth-order valence-electron chi connectivity index (χ4n) is 8.59. The first-order valence-corrected chi connectivity index (χ1v) is 17.9. The largest absolute Gasteiger partial charge is 0.256 e. The molecule has 0 saturated carbocycles. The SMILES string of the molecule is CCCc1ccc(-c2ccc(C(C)=NC3=C(Cc4cccc5ccccc45)c4ccccc4C34c3ccccc3-c3ccccc34)cc2)cc1. The Balaban J connectivity index is 1.25. The van der Waals surface area contributed by atoms with Crippen LogP contribution in [0.4, 0.5) is 0 Å². The second-order valence-corrected chi connectivity index (χ2v) is 13.8. The number of fused-ring (bicyclic) bond motifs is 8. The van der Waals surface area contributed by atoms with Gasteiger partial charge >= 0.3 is 0 Å². The van der Waals surface area contributed by atoms with Crippen LogP contribution in [0.2, 0.25) is 0 Å². The molecule has 0 N–H and O–H groups in total. The van der Waals surface area contributed by atoms with E-state index in [4.69, 9.17) is 4.99 Å². The van der Waals surface area contributed by atoms with E-state index < -0.39 is 5.41 Å². The summed E-state index contributed by atoms with van der Waals surface area (Å²) < 4.78 is 0. The topological polar surface area (TPSA) is 12.4 Å². The van der Waals surface area contributed by atoms with Crippen molar-refractivity contribution in [3.63, 3.8) is 0 Å². The van der Waals surface area contributed by atoms with E-state index in [2.05, 4.69) is 178 Å². The molecule has 1 nitrogen and oxygen atoms in total. The summed E-state index contributed by atoms with van der Waals surface area (Å²) in [5.74, 6) is 0. The van der Waals surface area contributed by atoms with Crippen molar-refractivity contribution >= 4 is 22.1 Å². The fraction of sp³-hybridized carbons (Fsp3) is 0.122. The molecule has 0 radical (unpaired) electrons. The Morgan fingerprint density at radius 3 is 1.74 bits per heavy atom. The molecule has 0 aromatic heterocycles. The highest BCUT2D eigenvalue weighted by atomic mass is 14.8. The Morgan fingerprint density at radius 2 is 1.08 bits per heavy atom. The van der Waals surface area contributed by atoms with E-state index in [0.717, 1.165) is 36.2 Å². The van der Waals surface area contributed by atoms with Crippen molar-refractivity contribution < 1.29 is 0 Å². The zero-order valence-corrected chi connectivity index (χ0v) is 28.7. The summed E-state index contributed by atoms with van der Waals surface area (Å²) in [6.45, 7) is 4.41. The predicted octanol–water partition coefficient (Wildman–Crippen LogP) is 12.3. The third kappa shape index (κ3) is 4.72. The number of aliphatic imine (C=N–C) groups is 1. The molecular formula is C49H39N. The fourth-order valence-corrected chi connectivity index (χ4v) is 8.59. The second kappa shape index (κ2) is 12.3. The van der Waals surface area contributed by atoms with Crippen LogP contribution in [0.3, 0.4) is 0 Å². The molecule has 9 rings (SSSR count). The van der Waals surface area contributed by atoms with Gasteiger partial charge in [-0.1, -0.05) is 177 Å². The Labute approximate surface area is 295 Å². The minimum atomic E-state index is -0.509. The summed E-state index contributed by atoms with van der Waals surface area (Å²) in [7, 11) is 0. The molecule has 0 aliphatic heterocycles. The maximum absolute atomic E-state index is 5.78. The first kappa shape index (κ1) is 30.3. The molecule has 0 amide bonds. The van der Waals surface area contributed by atoms with Crippen LogP contribution < -0.4 is 0 Å². The first-order chi connectivity index (χ1) is 24.7. The molecule has 0 bridgehead atoms. The van der Waals surface area contributed by atoms with Gasteiger partial charge in [-0.2, -0.15) is 0 Å². The minimum Gasteiger partial charge on any atom is -0.256 e.